The van der Waals surface area contributed by atoms with Crippen LogP contribution in [0.2, 0.25) is 0 Å². The molecule has 0 aromatic heterocycles. The van der Waals surface area contributed by atoms with Gasteiger partial charge in [-0.15, -0.1) is 0 Å². The third-order valence-corrected chi connectivity index (χ3v) is 2.59. The fraction of sp³-hybridized carbons (Fsp3) is 0.538. The van der Waals surface area contributed by atoms with Crippen molar-refractivity contribution in [2.75, 3.05) is 7.11 Å². The third-order valence-electron chi connectivity index (χ3n) is 2.59. The van der Waals surface area contributed by atoms with Gasteiger partial charge >= 0.3 is 0 Å². The van der Waals surface area contributed by atoms with Crippen LogP contribution in [0.5, 0.6) is 0 Å². The molecule has 0 amide bonds. The first kappa shape index (κ1) is 12.2. The molecule has 1 aromatic rings. The van der Waals surface area contributed by atoms with Crippen molar-refractivity contribution < 1.29 is 4.74 Å². The molecule has 0 fully saturated rings. The van der Waals surface area contributed by atoms with E-state index >= 15 is 0 Å². The molecule has 2 N–H and O–H groups in total. The van der Waals surface area contributed by atoms with Crippen molar-refractivity contribution in [3.05, 3.63) is 35.4 Å². The number of nitrogens with two attached hydrogens (primary N) is 1. The van der Waals surface area contributed by atoms with Crippen LogP contribution in [0, 0.1) is 0 Å². The van der Waals surface area contributed by atoms with Gasteiger partial charge in [-0.25, -0.2) is 0 Å². The summed E-state index contributed by atoms with van der Waals surface area (Å²) >= 11 is 0. The summed E-state index contributed by atoms with van der Waals surface area (Å²) in [6, 6.07) is 8.57. The lowest BCUT2D eigenvalue weighted by Gasteiger charge is -2.11. The van der Waals surface area contributed by atoms with E-state index in [2.05, 4.69) is 31.2 Å². The van der Waals surface area contributed by atoms with Gasteiger partial charge in [-0.2, -0.15) is 0 Å². The molecule has 0 bridgehead atoms. The second-order valence-electron chi connectivity index (χ2n) is 3.92. The van der Waals surface area contributed by atoms with Gasteiger partial charge in [-0.1, -0.05) is 44.0 Å². The molecule has 1 aromatic carbocycles. The Kier molecular flexibility index (Phi) is 5.37. The van der Waals surface area contributed by atoms with E-state index in [1.807, 2.05) is 0 Å². The molecular weight excluding hydrogens is 186 g/mol. The van der Waals surface area contributed by atoms with E-state index in [0.29, 0.717) is 6.61 Å². The Hall–Kier alpha value is -0.860. The van der Waals surface area contributed by atoms with E-state index in [4.69, 9.17) is 10.5 Å². The first-order valence-electron chi connectivity index (χ1n) is 5.61. The number of rotatable bonds is 6. The van der Waals surface area contributed by atoms with Crippen LogP contribution >= 0.6 is 0 Å². The van der Waals surface area contributed by atoms with Crippen molar-refractivity contribution in [2.24, 2.45) is 5.73 Å². The van der Waals surface area contributed by atoms with Gasteiger partial charge in [-0.05, 0) is 17.5 Å². The van der Waals surface area contributed by atoms with Gasteiger partial charge < -0.3 is 10.5 Å². The molecule has 1 rings (SSSR count). The summed E-state index contributed by atoms with van der Waals surface area (Å²) in [4.78, 5) is 0. The highest BCUT2D eigenvalue weighted by Gasteiger charge is 2.04. The van der Waals surface area contributed by atoms with Crippen molar-refractivity contribution in [3.63, 3.8) is 0 Å². The maximum Gasteiger partial charge on any atom is 0.0713 e. The quantitative estimate of drug-likeness (QED) is 0.778. The van der Waals surface area contributed by atoms with Gasteiger partial charge in [0.2, 0.25) is 0 Å². The summed E-state index contributed by atoms with van der Waals surface area (Å²) in [5, 5.41) is 0. The Morgan fingerprint density at radius 3 is 2.47 bits per heavy atom. The first-order chi connectivity index (χ1) is 7.27. The molecule has 0 spiro atoms. The number of benzene rings is 1. The number of ether oxygens (including phenoxy) is 1. The van der Waals surface area contributed by atoms with Gasteiger partial charge in [0.25, 0.3) is 0 Å². The Balaban J connectivity index is 2.54. The fourth-order valence-corrected chi connectivity index (χ4v) is 1.62. The molecule has 84 valence electrons. The van der Waals surface area contributed by atoms with Crippen LogP contribution in [0.15, 0.2) is 24.3 Å². The van der Waals surface area contributed by atoms with Gasteiger partial charge in [-0.3, -0.25) is 0 Å². The van der Waals surface area contributed by atoms with E-state index in [1.165, 1.54) is 24.0 Å². The minimum absolute atomic E-state index is 0.182. The Morgan fingerprint density at radius 1 is 1.27 bits per heavy atom. The lowest BCUT2D eigenvalue weighted by molar-refractivity contribution is 0.185. The predicted octanol–water partition coefficient (Wildman–Crippen LogP) is 3.02. The SMILES string of the molecule is CCCC[C@H](N)c1ccc(COC)cc1. The zero-order valence-corrected chi connectivity index (χ0v) is 9.70. The smallest absolute Gasteiger partial charge is 0.0713 e. The van der Waals surface area contributed by atoms with E-state index in [1.54, 1.807) is 7.11 Å². The van der Waals surface area contributed by atoms with Crippen LogP contribution < -0.4 is 5.73 Å². The molecule has 15 heavy (non-hydrogen) atoms. The van der Waals surface area contributed by atoms with Gasteiger partial charge in [0.15, 0.2) is 0 Å². The highest BCUT2D eigenvalue weighted by molar-refractivity contribution is 5.24. The standard InChI is InChI=1S/C13H21NO/c1-3-4-5-13(14)12-8-6-11(7-9-12)10-15-2/h6-9,13H,3-5,10,14H2,1-2H3/t13-/m0/s1. The molecule has 2 heteroatoms. The molecule has 0 unspecified atom stereocenters. The topological polar surface area (TPSA) is 35.2 Å². The van der Waals surface area contributed by atoms with E-state index in [-0.39, 0.29) is 6.04 Å². The third kappa shape index (κ3) is 4.02. The van der Waals surface area contributed by atoms with Crippen LogP contribution in [0.4, 0.5) is 0 Å². The molecule has 0 radical (unpaired) electrons. The average Bonchev–Trinajstić information content (AvgIpc) is 2.27. The Morgan fingerprint density at radius 2 is 1.93 bits per heavy atom. The molecule has 0 heterocycles. The predicted molar refractivity (Wildman–Crippen MR) is 63.6 cm³/mol. The normalized spacial score (nSPS) is 12.7. The minimum atomic E-state index is 0.182. The molecule has 0 aliphatic rings. The maximum atomic E-state index is 6.07. The van der Waals surface area contributed by atoms with E-state index in [0.717, 1.165) is 6.42 Å². The zero-order valence-electron chi connectivity index (χ0n) is 9.70. The van der Waals surface area contributed by atoms with Crippen LogP contribution in [0.1, 0.15) is 43.4 Å². The highest BCUT2D eigenvalue weighted by Crippen LogP contribution is 2.17. The number of hydrogen-bond acceptors (Lipinski definition) is 2. The molecule has 0 aliphatic carbocycles. The second kappa shape index (κ2) is 6.59. The van der Waals surface area contributed by atoms with Crippen LogP contribution in [-0.2, 0) is 11.3 Å². The summed E-state index contributed by atoms with van der Waals surface area (Å²) in [5.41, 5.74) is 8.50. The largest absolute Gasteiger partial charge is 0.380 e. The van der Waals surface area contributed by atoms with Crippen molar-refractivity contribution in [2.45, 2.75) is 38.8 Å². The average molecular weight is 207 g/mol. The molecule has 0 aliphatic heterocycles. The van der Waals surface area contributed by atoms with E-state index < -0.39 is 0 Å². The number of hydrogen-bond donors (Lipinski definition) is 1. The van der Waals surface area contributed by atoms with Gasteiger partial charge in [0.1, 0.15) is 0 Å². The lowest BCUT2D eigenvalue weighted by atomic mass is 10.0. The monoisotopic (exact) mass is 207 g/mol. The zero-order chi connectivity index (χ0) is 11.1. The van der Waals surface area contributed by atoms with Gasteiger partial charge in [0, 0.05) is 13.2 Å². The summed E-state index contributed by atoms with van der Waals surface area (Å²) in [7, 11) is 1.71. The first-order valence-corrected chi connectivity index (χ1v) is 5.61. The Labute approximate surface area is 92.4 Å². The summed E-state index contributed by atoms with van der Waals surface area (Å²) < 4.78 is 5.06. The van der Waals surface area contributed by atoms with Crippen LogP contribution in [0.25, 0.3) is 0 Å². The lowest BCUT2D eigenvalue weighted by Crippen LogP contribution is -2.09. The van der Waals surface area contributed by atoms with Crippen LogP contribution in [-0.4, -0.2) is 7.11 Å². The van der Waals surface area contributed by atoms with Gasteiger partial charge in [0.05, 0.1) is 6.61 Å². The summed E-state index contributed by atoms with van der Waals surface area (Å²) in [6.45, 7) is 2.86. The molecule has 0 saturated heterocycles. The fourth-order valence-electron chi connectivity index (χ4n) is 1.62. The van der Waals surface area contributed by atoms with Crippen molar-refractivity contribution in [3.8, 4) is 0 Å². The van der Waals surface area contributed by atoms with E-state index in [9.17, 15) is 0 Å². The Bertz CT molecular complexity index is 268. The van der Waals surface area contributed by atoms with Crippen molar-refractivity contribution in [1.29, 1.82) is 0 Å². The van der Waals surface area contributed by atoms with Crippen molar-refractivity contribution >= 4 is 0 Å². The second-order valence-corrected chi connectivity index (χ2v) is 3.92. The van der Waals surface area contributed by atoms with Crippen LogP contribution in [0.3, 0.4) is 0 Å². The molecule has 2 nitrogen and oxygen atoms in total. The molecule has 0 saturated carbocycles. The molecular formula is C13H21NO. The highest BCUT2D eigenvalue weighted by atomic mass is 16.5. The molecule has 1 atom stereocenters. The summed E-state index contributed by atoms with van der Waals surface area (Å²) in [5.74, 6) is 0. The maximum absolute atomic E-state index is 6.07. The minimum Gasteiger partial charge on any atom is -0.380 e. The number of unbranched alkanes of at least 4 members (excludes halogenated alkanes) is 1. The summed E-state index contributed by atoms with van der Waals surface area (Å²) in [6.07, 6.45) is 3.47. The number of methoxy groups -OCH3 is 1. The van der Waals surface area contributed by atoms with Crippen molar-refractivity contribution in [1.82, 2.24) is 0 Å².